The summed E-state index contributed by atoms with van der Waals surface area (Å²) in [5.74, 6) is 4.83. The zero-order chi connectivity index (χ0) is 26.7. The SMILES string of the molecule is COc1cc(/C(N)=N/O)ccc1-n1cnc(C)c1.COc1cc(C#N)ccc1-n1cnc(C)c1.Cl.NO. The Morgan fingerprint density at radius 1 is 0.919 bits per heavy atom. The van der Waals surface area contributed by atoms with E-state index in [1.165, 1.54) is 0 Å². The van der Waals surface area contributed by atoms with Gasteiger partial charge in [-0.15, -0.1) is 12.4 Å². The number of oxime groups is 1. The lowest BCUT2D eigenvalue weighted by Crippen LogP contribution is -2.13. The first kappa shape index (κ1) is 30.5. The second-order valence-corrected chi connectivity index (χ2v) is 7.21. The summed E-state index contributed by atoms with van der Waals surface area (Å²) in [7, 11) is 3.16. The van der Waals surface area contributed by atoms with Crippen LogP contribution in [0.25, 0.3) is 11.4 Å². The summed E-state index contributed by atoms with van der Waals surface area (Å²) in [5, 5.41) is 26.9. The number of methoxy groups -OCH3 is 2. The second-order valence-electron chi connectivity index (χ2n) is 7.21. The number of aromatic nitrogens is 4. The lowest BCUT2D eigenvalue weighted by Gasteiger charge is -2.10. The molecule has 2 heterocycles. The van der Waals surface area contributed by atoms with Gasteiger partial charge >= 0.3 is 0 Å². The number of aryl methyl sites for hydroxylation is 2. The smallest absolute Gasteiger partial charge is 0.170 e. The maximum Gasteiger partial charge on any atom is 0.170 e. The fourth-order valence-electron chi connectivity index (χ4n) is 3.17. The molecule has 0 atom stereocenters. The largest absolute Gasteiger partial charge is 0.495 e. The molecule has 2 aromatic heterocycles. The topological polar surface area (TPSA) is 183 Å². The first-order chi connectivity index (χ1) is 17.4. The molecule has 6 N–H and O–H groups in total. The molecule has 12 nitrogen and oxygen atoms in total. The summed E-state index contributed by atoms with van der Waals surface area (Å²) >= 11 is 0. The number of nitriles is 1. The van der Waals surface area contributed by atoms with Crippen LogP contribution in [-0.4, -0.2) is 49.6 Å². The van der Waals surface area contributed by atoms with Crippen LogP contribution in [0.4, 0.5) is 0 Å². The minimum absolute atomic E-state index is 0. The average Bonchev–Trinajstić information content (AvgIpc) is 3.56. The average molecular weight is 529 g/mol. The normalized spacial score (nSPS) is 10.0. The Labute approximate surface area is 220 Å². The monoisotopic (exact) mass is 528 g/mol. The molecular weight excluding hydrogens is 500 g/mol. The summed E-state index contributed by atoms with van der Waals surface area (Å²) in [6.07, 6.45) is 7.22. The van der Waals surface area contributed by atoms with E-state index in [1.54, 1.807) is 51.1 Å². The molecule has 0 bridgehead atoms. The van der Waals surface area contributed by atoms with Gasteiger partial charge in [0.1, 0.15) is 11.5 Å². The van der Waals surface area contributed by atoms with E-state index in [0.717, 1.165) is 22.8 Å². The number of hydrogen-bond acceptors (Lipinski definition) is 9. The van der Waals surface area contributed by atoms with Gasteiger partial charge < -0.3 is 34.8 Å². The van der Waals surface area contributed by atoms with Crippen LogP contribution in [0.3, 0.4) is 0 Å². The molecular formula is C24H29ClN8O4. The Hall–Kier alpha value is -4.57. The van der Waals surface area contributed by atoms with Crippen molar-refractivity contribution in [2.75, 3.05) is 14.2 Å². The maximum absolute atomic E-state index is 8.80. The number of rotatable bonds is 5. The Morgan fingerprint density at radius 2 is 1.41 bits per heavy atom. The third-order valence-corrected chi connectivity index (χ3v) is 4.87. The van der Waals surface area contributed by atoms with E-state index in [9.17, 15) is 0 Å². The number of amidine groups is 1. The zero-order valence-electron chi connectivity index (χ0n) is 20.7. The highest BCUT2D eigenvalue weighted by Crippen LogP contribution is 2.25. The van der Waals surface area contributed by atoms with Gasteiger partial charge in [-0.1, -0.05) is 5.16 Å². The molecule has 0 aliphatic heterocycles. The Kier molecular flexibility index (Phi) is 12.1. The molecule has 0 amide bonds. The second kappa shape index (κ2) is 14.7. The van der Waals surface area contributed by atoms with Gasteiger partial charge in [-0.05, 0) is 44.2 Å². The number of benzene rings is 2. The van der Waals surface area contributed by atoms with E-state index in [2.05, 4.69) is 27.1 Å². The maximum atomic E-state index is 8.80. The van der Waals surface area contributed by atoms with Gasteiger partial charge in [-0.2, -0.15) is 5.26 Å². The van der Waals surface area contributed by atoms with Crippen LogP contribution in [0.15, 0.2) is 66.6 Å². The van der Waals surface area contributed by atoms with Crippen LogP contribution in [0.2, 0.25) is 0 Å². The van der Waals surface area contributed by atoms with Gasteiger partial charge in [-0.25, -0.2) is 15.9 Å². The highest BCUT2D eigenvalue weighted by molar-refractivity contribution is 5.97. The molecule has 2 aromatic carbocycles. The molecule has 0 unspecified atom stereocenters. The van der Waals surface area contributed by atoms with Crippen molar-refractivity contribution in [3.8, 4) is 28.9 Å². The number of halogens is 1. The Morgan fingerprint density at radius 3 is 1.81 bits per heavy atom. The number of hydrogen-bond donors (Lipinski definition) is 4. The Balaban J connectivity index is 0.000000340. The molecule has 13 heteroatoms. The summed E-state index contributed by atoms with van der Waals surface area (Å²) in [6.45, 7) is 3.83. The molecule has 4 rings (SSSR count). The molecule has 0 fully saturated rings. The van der Waals surface area contributed by atoms with Crippen LogP contribution < -0.4 is 21.1 Å². The highest BCUT2D eigenvalue weighted by Gasteiger charge is 2.09. The van der Waals surface area contributed by atoms with Crippen molar-refractivity contribution in [2.24, 2.45) is 16.8 Å². The lowest BCUT2D eigenvalue weighted by atomic mass is 10.1. The van der Waals surface area contributed by atoms with E-state index in [0.29, 0.717) is 22.6 Å². The van der Waals surface area contributed by atoms with E-state index in [-0.39, 0.29) is 18.2 Å². The first-order valence-electron chi connectivity index (χ1n) is 10.4. The zero-order valence-corrected chi connectivity index (χ0v) is 21.5. The minimum Gasteiger partial charge on any atom is -0.495 e. The summed E-state index contributed by atoms with van der Waals surface area (Å²) in [6, 6.07) is 12.7. The van der Waals surface area contributed by atoms with Crippen LogP contribution in [0.5, 0.6) is 11.5 Å². The van der Waals surface area contributed by atoms with Crippen molar-refractivity contribution in [2.45, 2.75) is 13.8 Å². The van der Waals surface area contributed by atoms with Gasteiger partial charge in [0.25, 0.3) is 0 Å². The molecule has 0 saturated heterocycles. The first-order valence-corrected chi connectivity index (χ1v) is 10.4. The minimum atomic E-state index is 0. The number of nitrogens with zero attached hydrogens (tertiary/aromatic N) is 6. The van der Waals surface area contributed by atoms with Gasteiger partial charge in [-0.3, -0.25) is 0 Å². The molecule has 0 aliphatic rings. The summed E-state index contributed by atoms with van der Waals surface area (Å²) in [5.41, 5.74) is 10.3. The third kappa shape index (κ3) is 7.71. The molecule has 0 saturated carbocycles. The predicted octanol–water partition coefficient (Wildman–Crippen LogP) is 3.10. The van der Waals surface area contributed by atoms with E-state index in [4.69, 9.17) is 30.9 Å². The third-order valence-electron chi connectivity index (χ3n) is 4.87. The number of nitrogens with two attached hydrogens (primary N) is 2. The van der Waals surface area contributed by atoms with Crippen LogP contribution >= 0.6 is 12.4 Å². The fourth-order valence-corrected chi connectivity index (χ4v) is 3.17. The van der Waals surface area contributed by atoms with Crippen molar-refractivity contribution in [3.05, 3.63) is 84.0 Å². The summed E-state index contributed by atoms with van der Waals surface area (Å²) in [4.78, 5) is 8.31. The van der Waals surface area contributed by atoms with Crippen molar-refractivity contribution >= 4 is 18.2 Å². The van der Waals surface area contributed by atoms with E-state index >= 15 is 0 Å². The van der Waals surface area contributed by atoms with Crippen LogP contribution in [0.1, 0.15) is 22.5 Å². The molecule has 0 spiro atoms. The predicted molar refractivity (Wildman–Crippen MR) is 140 cm³/mol. The summed E-state index contributed by atoms with van der Waals surface area (Å²) < 4.78 is 14.3. The van der Waals surface area contributed by atoms with E-state index in [1.807, 2.05) is 47.5 Å². The lowest BCUT2D eigenvalue weighted by molar-refractivity contribution is 0.311. The van der Waals surface area contributed by atoms with Crippen molar-refractivity contribution < 1.29 is 19.9 Å². The standard InChI is InChI=1S/C12H14N4O2.C12H11N3O.ClH.H3NO/c1-8-6-16(7-14-8)10-4-3-9(12(13)15-17)5-11(10)18-2;1-9-7-15(8-14-9)11-4-3-10(6-13)5-12(11)16-2;;1-2/h3-7,17H,1-2H3,(H2,13,15);3-5,7-8H,1-2H3;1H;2H,1H2. The number of imidazole rings is 2. The molecule has 37 heavy (non-hydrogen) atoms. The van der Waals surface area contributed by atoms with Gasteiger partial charge in [0, 0.05) is 24.0 Å². The van der Waals surface area contributed by atoms with E-state index < -0.39 is 0 Å². The van der Waals surface area contributed by atoms with Crippen molar-refractivity contribution in [3.63, 3.8) is 0 Å². The highest BCUT2D eigenvalue weighted by atomic mass is 35.5. The molecule has 4 aromatic rings. The van der Waals surface area contributed by atoms with Gasteiger partial charge in [0.15, 0.2) is 5.84 Å². The molecule has 0 aliphatic carbocycles. The van der Waals surface area contributed by atoms with Crippen LogP contribution in [0, 0.1) is 25.2 Å². The van der Waals surface area contributed by atoms with Crippen molar-refractivity contribution in [1.29, 1.82) is 5.26 Å². The Bertz CT molecular complexity index is 1360. The van der Waals surface area contributed by atoms with Crippen LogP contribution in [-0.2, 0) is 0 Å². The van der Waals surface area contributed by atoms with Crippen molar-refractivity contribution in [1.82, 2.24) is 19.1 Å². The fraction of sp³-hybridized carbons (Fsp3) is 0.167. The molecule has 196 valence electrons. The van der Waals surface area contributed by atoms with Gasteiger partial charge in [0.05, 0.1) is 61.3 Å². The van der Waals surface area contributed by atoms with Gasteiger partial charge in [0.2, 0.25) is 0 Å². The number of ether oxygens (including phenoxy) is 2. The molecule has 0 radical (unpaired) electrons. The quantitative estimate of drug-likeness (QED) is 0.131.